The molecule has 0 bridgehead atoms. The second kappa shape index (κ2) is 7.99. The zero-order valence-electron chi connectivity index (χ0n) is 11.2. The van der Waals surface area contributed by atoms with Crippen molar-refractivity contribution in [3.8, 4) is 0 Å². The third kappa shape index (κ3) is 4.30. The van der Waals surface area contributed by atoms with Crippen LogP contribution in [0.15, 0.2) is 35.7 Å². The van der Waals surface area contributed by atoms with Crippen LogP contribution in [0.2, 0.25) is 0 Å². The number of hydrogen-bond donors (Lipinski definition) is 2. The van der Waals surface area contributed by atoms with Crippen LogP contribution in [-0.2, 0) is 6.42 Å². The van der Waals surface area contributed by atoms with Crippen LogP contribution in [0.25, 0.3) is 0 Å². The summed E-state index contributed by atoms with van der Waals surface area (Å²) in [5.41, 5.74) is 7.01. The Morgan fingerprint density at radius 1 is 1.40 bits per heavy atom. The van der Waals surface area contributed by atoms with Gasteiger partial charge in [-0.25, -0.2) is 4.98 Å². The topological polar surface area (TPSA) is 68.0 Å². The summed E-state index contributed by atoms with van der Waals surface area (Å²) in [4.78, 5) is 16.3. The summed E-state index contributed by atoms with van der Waals surface area (Å²) in [5.74, 6) is -0.143. The van der Waals surface area contributed by atoms with Crippen LogP contribution in [0.3, 0.4) is 0 Å². The predicted octanol–water partition coefficient (Wildman–Crippen LogP) is 2.56. The lowest BCUT2D eigenvalue weighted by Crippen LogP contribution is -2.26. The number of benzene rings is 1. The van der Waals surface area contributed by atoms with Gasteiger partial charge in [-0.2, -0.15) is 0 Å². The highest BCUT2D eigenvalue weighted by Gasteiger charge is 2.14. The van der Waals surface area contributed by atoms with E-state index < -0.39 is 0 Å². The van der Waals surface area contributed by atoms with Crippen molar-refractivity contribution in [2.24, 2.45) is 5.73 Å². The molecule has 0 fully saturated rings. The standard InChI is InChI=1S/C14H17N3OS.ClH/c1-10(11-5-3-2-4-6-11)16-14(18)12-9-19-13(17-12)7-8-15;/h2-6,9-10H,7-8,15H2,1H3,(H,16,18);1H. The van der Waals surface area contributed by atoms with E-state index in [0.717, 1.165) is 10.6 Å². The van der Waals surface area contributed by atoms with Crippen LogP contribution in [0.1, 0.15) is 34.0 Å². The van der Waals surface area contributed by atoms with Crippen molar-refractivity contribution in [2.75, 3.05) is 6.54 Å². The number of carbonyl (C=O) groups is 1. The summed E-state index contributed by atoms with van der Waals surface area (Å²) in [5, 5.41) is 5.62. The van der Waals surface area contributed by atoms with E-state index >= 15 is 0 Å². The zero-order chi connectivity index (χ0) is 13.7. The molecular formula is C14H18ClN3OS. The van der Waals surface area contributed by atoms with Crippen molar-refractivity contribution >= 4 is 29.7 Å². The fourth-order valence-electron chi connectivity index (χ4n) is 1.75. The van der Waals surface area contributed by atoms with Gasteiger partial charge in [-0.05, 0) is 19.0 Å². The van der Waals surface area contributed by atoms with Gasteiger partial charge in [0.2, 0.25) is 0 Å². The summed E-state index contributed by atoms with van der Waals surface area (Å²) in [6.07, 6.45) is 0.714. The highest BCUT2D eigenvalue weighted by molar-refractivity contribution is 7.09. The van der Waals surface area contributed by atoms with Crippen molar-refractivity contribution in [1.82, 2.24) is 10.3 Å². The Morgan fingerprint density at radius 2 is 2.10 bits per heavy atom. The summed E-state index contributed by atoms with van der Waals surface area (Å²) >= 11 is 1.47. The fraction of sp³-hybridized carbons (Fsp3) is 0.286. The van der Waals surface area contributed by atoms with E-state index in [9.17, 15) is 4.79 Å². The molecule has 6 heteroatoms. The zero-order valence-corrected chi connectivity index (χ0v) is 12.8. The molecule has 0 spiro atoms. The number of carbonyl (C=O) groups excluding carboxylic acids is 1. The first kappa shape index (κ1) is 16.6. The van der Waals surface area contributed by atoms with E-state index in [4.69, 9.17) is 5.73 Å². The first-order chi connectivity index (χ1) is 9.20. The van der Waals surface area contributed by atoms with E-state index in [1.807, 2.05) is 37.3 Å². The maximum Gasteiger partial charge on any atom is 0.271 e. The number of thiazole rings is 1. The van der Waals surface area contributed by atoms with E-state index in [1.165, 1.54) is 11.3 Å². The maximum absolute atomic E-state index is 12.0. The minimum Gasteiger partial charge on any atom is -0.344 e. The number of nitrogens with two attached hydrogens (primary N) is 1. The number of nitrogens with one attached hydrogen (secondary N) is 1. The summed E-state index contributed by atoms with van der Waals surface area (Å²) in [6, 6.07) is 9.82. The molecule has 20 heavy (non-hydrogen) atoms. The van der Waals surface area contributed by atoms with Gasteiger partial charge in [-0.3, -0.25) is 4.79 Å². The fourth-order valence-corrected chi connectivity index (χ4v) is 2.54. The quantitative estimate of drug-likeness (QED) is 0.891. The van der Waals surface area contributed by atoms with Crippen molar-refractivity contribution in [3.63, 3.8) is 0 Å². The average Bonchev–Trinajstić information content (AvgIpc) is 2.89. The Bertz CT molecular complexity index is 544. The lowest BCUT2D eigenvalue weighted by atomic mass is 10.1. The van der Waals surface area contributed by atoms with Gasteiger partial charge in [0.05, 0.1) is 11.0 Å². The summed E-state index contributed by atoms with van der Waals surface area (Å²) in [7, 11) is 0. The Labute approximate surface area is 128 Å². The first-order valence-corrected chi connectivity index (χ1v) is 7.09. The summed E-state index contributed by atoms with van der Waals surface area (Å²) < 4.78 is 0. The number of hydrogen-bond acceptors (Lipinski definition) is 4. The first-order valence-electron chi connectivity index (χ1n) is 6.21. The van der Waals surface area contributed by atoms with Gasteiger partial charge in [0.15, 0.2) is 0 Å². The monoisotopic (exact) mass is 311 g/mol. The van der Waals surface area contributed by atoms with Crippen molar-refractivity contribution in [3.05, 3.63) is 52.0 Å². The molecule has 1 amide bonds. The highest BCUT2D eigenvalue weighted by Crippen LogP contribution is 2.14. The van der Waals surface area contributed by atoms with E-state index in [-0.39, 0.29) is 24.4 Å². The van der Waals surface area contributed by atoms with Gasteiger partial charge >= 0.3 is 0 Å². The number of halogens is 1. The third-order valence-electron chi connectivity index (χ3n) is 2.79. The second-order valence-electron chi connectivity index (χ2n) is 4.27. The van der Waals surface area contributed by atoms with Gasteiger partial charge in [0, 0.05) is 11.8 Å². The van der Waals surface area contributed by atoms with Gasteiger partial charge in [-0.1, -0.05) is 30.3 Å². The van der Waals surface area contributed by atoms with Crippen LogP contribution in [0.4, 0.5) is 0 Å². The molecule has 0 aliphatic carbocycles. The number of rotatable bonds is 5. The lowest BCUT2D eigenvalue weighted by Gasteiger charge is -2.13. The van der Waals surface area contributed by atoms with Crippen molar-refractivity contribution in [2.45, 2.75) is 19.4 Å². The molecule has 0 aliphatic heterocycles. The van der Waals surface area contributed by atoms with Crippen LogP contribution >= 0.6 is 23.7 Å². The summed E-state index contributed by atoms with van der Waals surface area (Å²) in [6.45, 7) is 2.51. The largest absolute Gasteiger partial charge is 0.344 e. The molecule has 1 aromatic heterocycles. The highest BCUT2D eigenvalue weighted by atomic mass is 35.5. The van der Waals surface area contributed by atoms with Crippen LogP contribution in [0, 0.1) is 0 Å². The molecule has 0 saturated carbocycles. The van der Waals surface area contributed by atoms with Gasteiger partial charge in [-0.15, -0.1) is 23.7 Å². The Balaban J connectivity index is 0.00000200. The SMILES string of the molecule is CC(NC(=O)c1csc(CCN)n1)c1ccccc1.Cl. The Morgan fingerprint density at radius 3 is 2.75 bits per heavy atom. The number of aromatic nitrogens is 1. The molecule has 1 unspecified atom stereocenters. The Kier molecular flexibility index (Phi) is 6.64. The minimum atomic E-state index is -0.143. The smallest absolute Gasteiger partial charge is 0.271 e. The molecule has 3 N–H and O–H groups in total. The van der Waals surface area contributed by atoms with E-state index in [2.05, 4.69) is 10.3 Å². The lowest BCUT2D eigenvalue weighted by molar-refractivity contribution is 0.0935. The molecule has 0 radical (unpaired) electrons. The van der Waals surface area contributed by atoms with Crippen LogP contribution < -0.4 is 11.1 Å². The third-order valence-corrected chi connectivity index (χ3v) is 3.70. The molecular weight excluding hydrogens is 294 g/mol. The molecule has 1 heterocycles. The minimum absolute atomic E-state index is 0. The van der Waals surface area contributed by atoms with Crippen LogP contribution in [-0.4, -0.2) is 17.4 Å². The van der Waals surface area contributed by atoms with E-state index in [1.54, 1.807) is 5.38 Å². The molecule has 108 valence electrons. The molecule has 1 atom stereocenters. The van der Waals surface area contributed by atoms with Gasteiger partial charge in [0.25, 0.3) is 5.91 Å². The molecule has 0 aliphatic rings. The molecule has 2 rings (SSSR count). The predicted molar refractivity (Wildman–Crippen MR) is 84.4 cm³/mol. The molecule has 1 aromatic carbocycles. The van der Waals surface area contributed by atoms with Gasteiger partial charge < -0.3 is 11.1 Å². The average molecular weight is 312 g/mol. The Hall–Kier alpha value is -1.43. The maximum atomic E-state index is 12.0. The number of amides is 1. The van der Waals surface area contributed by atoms with Crippen molar-refractivity contribution < 1.29 is 4.79 Å². The molecule has 4 nitrogen and oxygen atoms in total. The van der Waals surface area contributed by atoms with Gasteiger partial charge in [0.1, 0.15) is 5.69 Å². The molecule has 2 aromatic rings. The number of nitrogens with zero attached hydrogens (tertiary/aromatic N) is 1. The van der Waals surface area contributed by atoms with Crippen molar-refractivity contribution in [1.29, 1.82) is 0 Å². The van der Waals surface area contributed by atoms with Crippen LogP contribution in [0.5, 0.6) is 0 Å². The van der Waals surface area contributed by atoms with E-state index in [0.29, 0.717) is 18.7 Å². The normalized spacial score (nSPS) is 11.5. The molecule has 0 saturated heterocycles. The second-order valence-corrected chi connectivity index (χ2v) is 5.21.